The number of fused-ring (bicyclic) bond motifs is 1. The van der Waals surface area contributed by atoms with Gasteiger partial charge < -0.3 is 0 Å². The van der Waals surface area contributed by atoms with Gasteiger partial charge in [-0.25, -0.2) is 0 Å². The van der Waals surface area contributed by atoms with Gasteiger partial charge in [-0.1, -0.05) is 0 Å². The summed E-state index contributed by atoms with van der Waals surface area (Å²) in [6.45, 7) is 6.76. The number of hydrogen-bond donors (Lipinski definition) is 0. The Morgan fingerprint density at radius 2 is 1.78 bits per heavy atom. The Labute approximate surface area is 113 Å². The Morgan fingerprint density at radius 3 is 2.44 bits per heavy atom. The van der Waals surface area contributed by atoms with Crippen molar-refractivity contribution in [2.24, 2.45) is 0 Å². The second-order valence-electron chi connectivity index (χ2n) is 5.53. The molecule has 0 bridgehead atoms. The van der Waals surface area contributed by atoms with Crippen LogP contribution in [0.1, 0.15) is 26.3 Å². The van der Waals surface area contributed by atoms with Crippen LogP contribution in [0, 0.1) is 0 Å². The van der Waals surface area contributed by atoms with E-state index in [1.165, 1.54) is 15.4 Å². The fourth-order valence-electron chi connectivity index (χ4n) is 2.37. The molecule has 92 valence electrons. The summed E-state index contributed by atoms with van der Waals surface area (Å²) < 4.78 is 7.47. The van der Waals surface area contributed by atoms with E-state index in [4.69, 9.17) is 4.42 Å². The van der Waals surface area contributed by atoms with Gasteiger partial charge in [0.1, 0.15) is 0 Å². The Morgan fingerprint density at radius 1 is 1.00 bits per heavy atom. The van der Waals surface area contributed by atoms with Crippen molar-refractivity contribution in [2.45, 2.75) is 26.2 Å². The molecule has 1 aromatic carbocycles. The van der Waals surface area contributed by atoms with Crippen molar-refractivity contribution in [3.8, 4) is 10.2 Å². The van der Waals surface area contributed by atoms with Gasteiger partial charge in [-0.05, 0) is 0 Å². The van der Waals surface area contributed by atoms with Crippen LogP contribution in [0.4, 0.5) is 0 Å². The van der Waals surface area contributed by atoms with Gasteiger partial charge in [-0.15, -0.1) is 0 Å². The van der Waals surface area contributed by atoms with Crippen molar-refractivity contribution in [1.82, 2.24) is 0 Å². The summed E-state index contributed by atoms with van der Waals surface area (Å²) >= 11 is 0.411. The Balaban J connectivity index is 2.38. The first-order valence-corrected chi connectivity index (χ1v) is 7.98. The molecule has 2 heteroatoms. The first kappa shape index (κ1) is 11.8. The molecule has 0 N–H and O–H groups in total. The quantitative estimate of drug-likeness (QED) is 0.605. The molecule has 0 spiro atoms. The number of benzene rings is 1. The van der Waals surface area contributed by atoms with Crippen LogP contribution in [0.5, 0.6) is 0 Å². The number of rotatable bonds is 1. The normalized spacial score (nSPS) is 12.2. The monoisotopic (exact) mass is 304 g/mol. The summed E-state index contributed by atoms with van der Waals surface area (Å²) in [4.78, 5) is 2.24. The van der Waals surface area contributed by atoms with Crippen molar-refractivity contribution in [1.29, 1.82) is 0 Å². The SMILES string of the molecule is CC(C)(C)c1c(-c2ccc[se]2)oc2ccccc12. The molecular weight excluding hydrogens is 287 g/mol. The van der Waals surface area contributed by atoms with Crippen LogP contribution in [0.2, 0.25) is 0 Å². The molecule has 3 rings (SSSR count). The minimum atomic E-state index is 0.0987. The van der Waals surface area contributed by atoms with Gasteiger partial charge in [0.15, 0.2) is 0 Å². The summed E-state index contributed by atoms with van der Waals surface area (Å²) in [7, 11) is 0. The molecule has 18 heavy (non-hydrogen) atoms. The first-order valence-electron chi connectivity index (χ1n) is 6.13. The van der Waals surface area contributed by atoms with Crippen LogP contribution < -0.4 is 0 Å². The fourth-order valence-corrected chi connectivity index (χ4v) is 3.86. The summed E-state index contributed by atoms with van der Waals surface area (Å²) in [6.07, 6.45) is 0. The van der Waals surface area contributed by atoms with Crippen LogP contribution in [0.15, 0.2) is 45.8 Å². The minimum absolute atomic E-state index is 0.0987. The van der Waals surface area contributed by atoms with Crippen LogP contribution in [0.25, 0.3) is 21.2 Å². The van der Waals surface area contributed by atoms with E-state index in [1.54, 1.807) is 0 Å². The van der Waals surface area contributed by atoms with Gasteiger partial charge in [0.2, 0.25) is 0 Å². The second kappa shape index (κ2) is 4.15. The van der Waals surface area contributed by atoms with E-state index >= 15 is 0 Å². The van der Waals surface area contributed by atoms with Gasteiger partial charge >= 0.3 is 113 Å². The third kappa shape index (κ3) is 1.86. The molecule has 0 atom stereocenters. The van der Waals surface area contributed by atoms with Crippen LogP contribution in [-0.4, -0.2) is 14.5 Å². The van der Waals surface area contributed by atoms with Crippen molar-refractivity contribution in [3.63, 3.8) is 0 Å². The zero-order valence-electron chi connectivity index (χ0n) is 10.9. The van der Waals surface area contributed by atoms with E-state index in [0.29, 0.717) is 14.5 Å². The summed E-state index contributed by atoms with van der Waals surface area (Å²) in [6, 6.07) is 12.7. The molecule has 0 unspecified atom stereocenters. The van der Waals surface area contributed by atoms with Crippen molar-refractivity contribution in [2.75, 3.05) is 0 Å². The van der Waals surface area contributed by atoms with E-state index in [2.05, 4.69) is 56.0 Å². The molecule has 3 aromatic rings. The standard InChI is InChI=1S/C16H16OSe/c1-16(2,3)14-11-7-4-5-8-12(11)17-15(14)13-9-6-10-18-13/h4-10H,1-3H3. The average Bonchev–Trinajstić information content (AvgIpc) is 2.94. The van der Waals surface area contributed by atoms with Crippen LogP contribution in [0.3, 0.4) is 0 Å². The zero-order valence-corrected chi connectivity index (χ0v) is 12.6. The molecule has 0 fully saturated rings. The molecule has 2 heterocycles. The van der Waals surface area contributed by atoms with Gasteiger partial charge in [0, 0.05) is 0 Å². The number of para-hydroxylation sites is 1. The second-order valence-corrected chi connectivity index (χ2v) is 7.52. The van der Waals surface area contributed by atoms with E-state index < -0.39 is 0 Å². The summed E-state index contributed by atoms with van der Waals surface area (Å²) in [5.41, 5.74) is 2.44. The third-order valence-electron chi connectivity index (χ3n) is 3.09. The predicted octanol–water partition coefficient (Wildman–Crippen LogP) is 4.45. The molecule has 0 radical (unpaired) electrons. The van der Waals surface area contributed by atoms with Gasteiger partial charge in [0.05, 0.1) is 0 Å². The number of hydrogen-bond acceptors (Lipinski definition) is 1. The topological polar surface area (TPSA) is 13.1 Å². The zero-order chi connectivity index (χ0) is 12.8. The van der Waals surface area contributed by atoms with Crippen molar-refractivity contribution < 1.29 is 4.42 Å². The van der Waals surface area contributed by atoms with Crippen LogP contribution in [-0.2, 0) is 5.41 Å². The maximum atomic E-state index is 6.12. The van der Waals surface area contributed by atoms with Gasteiger partial charge in [-0.2, -0.15) is 0 Å². The molecule has 0 saturated heterocycles. The van der Waals surface area contributed by atoms with Gasteiger partial charge in [-0.3, -0.25) is 0 Å². The Bertz CT molecular complexity index is 669. The molecule has 2 aromatic heterocycles. The molecule has 0 amide bonds. The van der Waals surface area contributed by atoms with E-state index in [9.17, 15) is 0 Å². The van der Waals surface area contributed by atoms with Crippen molar-refractivity contribution in [3.05, 3.63) is 46.9 Å². The molecule has 0 aliphatic rings. The van der Waals surface area contributed by atoms with E-state index in [1.807, 2.05) is 6.07 Å². The maximum absolute atomic E-state index is 6.12. The fraction of sp³-hybridized carbons (Fsp3) is 0.250. The van der Waals surface area contributed by atoms with Crippen LogP contribution >= 0.6 is 0 Å². The van der Waals surface area contributed by atoms with Crippen molar-refractivity contribution >= 4 is 25.5 Å². The Hall–Kier alpha value is -1.24. The molecule has 0 saturated carbocycles. The molecule has 1 nitrogen and oxygen atoms in total. The molecule has 0 aliphatic carbocycles. The molecular formula is C16H16OSe. The van der Waals surface area contributed by atoms with Gasteiger partial charge in [0.25, 0.3) is 0 Å². The number of furan rings is 1. The van der Waals surface area contributed by atoms with E-state index in [-0.39, 0.29) is 5.41 Å². The van der Waals surface area contributed by atoms with E-state index in [0.717, 1.165) is 11.3 Å². The average molecular weight is 303 g/mol. The molecule has 0 aliphatic heterocycles. The summed E-state index contributed by atoms with van der Waals surface area (Å²) in [5, 5.41) is 1.25. The Kier molecular flexibility index (Phi) is 2.73. The summed E-state index contributed by atoms with van der Waals surface area (Å²) in [5.74, 6) is 1.09. The third-order valence-corrected chi connectivity index (χ3v) is 4.91. The first-order chi connectivity index (χ1) is 8.57. The predicted molar refractivity (Wildman–Crippen MR) is 77.3 cm³/mol.